The number of hydrogen-bond acceptors (Lipinski definition) is 0. The Kier molecular flexibility index (Phi) is 14.9. The standard InChI is InChI=1S/C30H50N2/c1-3-5-7-9-10-11-12-13-14-19-23-30(32-25-24-31-27-32)29(22-18-8-6-4-2)26-28-20-16-15-17-21-28/h15-17,20-21,24-25,27,29-30H,3-14,18-19,22-23,26H2,1-2H3/p+1. The van der Waals surface area contributed by atoms with Crippen molar-refractivity contribution < 1.29 is 4.57 Å². The number of nitrogens with one attached hydrogen (secondary N) is 1. The molecule has 0 aliphatic carbocycles. The molecular formula is C30H51N2+. The number of unbranched alkanes of at least 4 members (excludes halogenated alkanes) is 12. The summed E-state index contributed by atoms with van der Waals surface area (Å²) in [6.07, 6.45) is 29.9. The monoisotopic (exact) mass is 439 g/mol. The van der Waals surface area contributed by atoms with Gasteiger partial charge in [0.2, 0.25) is 6.33 Å². The fraction of sp³-hybridized carbons (Fsp3) is 0.700. The van der Waals surface area contributed by atoms with E-state index in [1.807, 2.05) is 0 Å². The molecule has 2 unspecified atom stereocenters. The van der Waals surface area contributed by atoms with E-state index >= 15 is 0 Å². The van der Waals surface area contributed by atoms with Gasteiger partial charge in [0.05, 0.1) is 0 Å². The van der Waals surface area contributed by atoms with E-state index in [9.17, 15) is 0 Å². The van der Waals surface area contributed by atoms with Gasteiger partial charge in [0.25, 0.3) is 0 Å². The molecule has 2 atom stereocenters. The highest BCUT2D eigenvalue weighted by atomic mass is 15.1. The van der Waals surface area contributed by atoms with Crippen molar-refractivity contribution >= 4 is 0 Å². The normalized spacial score (nSPS) is 13.3. The number of H-pyrrole nitrogens is 1. The summed E-state index contributed by atoms with van der Waals surface area (Å²) in [5.41, 5.74) is 1.50. The van der Waals surface area contributed by atoms with Crippen molar-refractivity contribution in [2.75, 3.05) is 0 Å². The Hall–Kier alpha value is -1.57. The lowest BCUT2D eigenvalue weighted by atomic mass is 9.84. The molecule has 0 aliphatic rings. The van der Waals surface area contributed by atoms with E-state index in [-0.39, 0.29) is 0 Å². The molecule has 0 saturated heterocycles. The van der Waals surface area contributed by atoms with Crippen LogP contribution >= 0.6 is 0 Å². The molecule has 1 heterocycles. The minimum Gasteiger partial charge on any atom is -0.250 e. The summed E-state index contributed by atoms with van der Waals surface area (Å²) in [5, 5.41) is 0. The van der Waals surface area contributed by atoms with E-state index in [0.29, 0.717) is 12.0 Å². The van der Waals surface area contributed by atoms with Crippen LogP contribution in [0.4, 0.5) is 0 Å². The predicted octanol–water partition coefficient (Wildman–Crippen LogP) is 8.98. The second-order valence-corrected chi connectivity index (χ2v) is 9.90. The second-order valence-electron chi connectivity index (χ2n) is 9.90. The number of nitrogens with zero attached hydrogens (tertiary/aromatic N) is 1. The first-order chi connectivity index (χ1) is 15.8. The average molecular weight is 440 g/mol. The molecule has 0 aliphatic heterocycles. The molecule has 32 heavy (non-hydrogen) atoms. The summed E-state index contributed by atoms with van der Waals surface area (Å²) < 4.78 is 2.47. The van der Waals surface area contributed by atoms with Crippen LogP contribution in [0.5, 0.6) is 0 Å². The highest BCUT2D eigenvalue weighted by molar-refractivity contribution is 5.15. The largest absolute Gasteiger partial charge is 0.250 e. The van der Waals surface area contributed by atoms with Crippen LogP contribution in [0.1, 0.15) is 128 Å². The molecule has 2 heteroatoms. The molecule has 2 rings (SSSR count). The summed E-state index contributed by atoms with van der Waals surface area (Å²) in [5.74, 6) is 0.716. The van der Waals surface area contributed by atoms with E-state index in [1.54, 1.807) is 0 Å². The lowest BCUT2D eigenvalue weighted by molar-refractivity contribution is -0.730. The van der Waals surface area contributed by atoms with Gasteiger partial charge >= 0.3 is 0 Å². The molecular weight excluding hydrogens is 388 g/mol. The minimum absolute atomic E-state index is 0.608. The van der Waals surface area contributed by atoms with Crippen LogP contribution in [0.15, 0.2) is 49.1 Å². The van der Waals surface area contributed by atoms with Crippen molar-refractivity contribution in [1.29, 1.82) is 0 Å². The quantitative estimate of drug-likeness (QED) is 0.157. The van der Waals surface area contributed by atoms with Crippen LogP contribution in [0.2, 0.25) is 0 Å². The maximum absolute atomic E-state index is 3.31. The van der Waals surface area contributed by atoms with Crippen LogP contribution in [0.25, 0.3) is 0 Å². The fourth-order valence-electron chi connectivity index (χ4n) is 5.16. The topological polar surface area (TPSA) is 19.7 Å². The Morgan fingerprint density at radius 3 is 1.84 bits per heavy atom. The molecule has 0 saturated carbocycles. The summed E-state index contributed by atoms with van der Waals surface area (Å²) in [6, 6.07) is 11.8. The maximum atomic E-state index is 3.31. The third-order valence-corrected chi connectivity index (χ3v) is 7.12. The SMILES string of the molecule is CCCCCCCCCCCCC(C(CCCCCC)Cc1ccccc1)[n+]1cc[nH]c1. The van der Waals surface area contributed by atoms with Crippen LogP contribution in [-0.2, 0) is 6.42 Å². The first-order valence-corrected chi connectivity index (χ1v) is 13.9. The Morgan fingerprint density at radius 1 is 0.688 bits per heavy atom. The van der Waals surface area contributed by atoms with Crippen LogP contribution < -0.4 is 4.57 Å². The van der Waals surface area contributed by atoms with Crippen molar-refractivity contribution in [2.24, 2.45) is 5.92 Å². The molecule has 0 amide bonds. The first-order valence-electron chi connectivity index (χ1n) is 13.9. The van der Waals surface area contributed by atoms with Gasteiger partial charge in [-0.1, -0.05) is 128 Å². The van der Waals surface area contributed by atoms with Crippen molar-refractivity contribution in [3.63, 3.8) is 0 Å². The van der Waals surface area contributed by atoms with Gasteiger partial charge in [-0.25, -0.2) is 4.57 Å². The van der Waals surface area contributed by atoms with E-state index in [4.69, 9.17) is 0 Å². The van der Waals surface area contributed by atoms with E-state index in [1.165, 1.54) is 115 Å². The molecule has 0 radical (unpaired) electrons. The van der Waals surface area contributed by atoms with Gasteiger partial charge in [0, 0.05) is 5.92 Å². The Labute approximate surface area is 199 Å². The number of hydrogen-bond donors (Lipinski definition) is 1. The van der Waals surface area contributed by atoms with Crippen molar-refractivity contribution in [3.05, 3.63) is 54.6 Å². The second kappa shape index (κ2) is 17.9. The third-order valence-electron chi connectivity index (χ3n) is 7.12. The van der Waals surface area contributed by atoms with Crippen LogP contribution in [0, 0.1) is 5.92 Å². The van der Waals surface area contributed by atoms with Gasteiger partial charge in [-0.2, -0.15) is 0 Å². The first kappa shape index (κ1) is 26.7. The van der Waals surface area contributed by atoms with Gasteiger partial charge in [-0.15, -0.1) is 0 Å². The fourth-order valence-corrected chi connectivity index (χ4v) is 5.16. The van der Waals surface area contributed by atoms with Crippen molar-refractivity contribution in [3.8, 4) is 0 Å². The highest BCUT2D eigenvalue weighted by Gasteiger charge is 2.26. The third kappa shape index (κ3) is 11.3. The van der Waals surface area contributed by atoms with Gasteiger partial charge in [0.15, 0.2) is 0 Å². The molecule has 2 aromatic rings. The van der Waals surface area contributed by atoms with Gasteiger partial charge in [0.1, 0.15) is 18.4 Å². The lowest BCUT2D eigenvalue weighted by Gasteiger charge is -2.25. The van der Waals surface area contributed by atoms with Crippen molar-refractivity contribution in [1.82, 2.24) is 4.98 Å². The Bertz CT molecular complexity index is 634. The van der Waals surface area contributed by atoms with E-state index in [2.05, 4.69) is 72.5 Å². The number of rotatable bonds is 20. The number of aromatic nitrogens is 2. The molecule has 0 fully saturated rings. The summed E-state index contributed by atoms with van der Waals surface area (Å²) in [4.78, 5) is 3.31. The van der Waals surface area contributed by atoms with E-state index < -0.39 is 0 Å². The van der Waals surface area contributed by atoms with Crippen molar-refractivity contribution in [2.45, 2.75) is 129 Å². The zero-order chi connectivity index (χ0) is 22.7. The van der Waals surface area contributed by atoms with Crippen LogP contribution in [-0.4, -0.2) is 4.98 Å². The molecule has 2 nitrogen and oxygen atoms in total. The Morgan fingerprint density at radius 2 is 1.25 bits per heavy atom. The number of aromatic amines is 1. The summed E-state index contributed by atoms with van der Waals surface area (Å²) >= 11 is 0. The Balaban J connectivity index is 1.84. The highest BCUT2D eigenvalue weighted by Crippen LogP contribution is 2.29. The zero-order valence-corrected chi connectivity index (χ0v) is 21.2. The minimum atomic E-state index is 0.608. The molecule has 1 aromatic carbocycles. The summed E-state index contributed by atoms with van der Waals surface area (Å²) in [7, 11) is 0. The van der Waals surface area contributed by atoms with Crippen LogP contribution in [0.3, 0.4) is 0 Å². The number of imidazole rings is 1. The smallest absolute Gasteiger partial charge is 0.241 e. The number of benzene rings is 1. The molecule has 0 bridgehead atoms. The molecule has 1 N–H and O–H groups in total. The molecule has 180 valence electrons. The van der Waals surface area contributed by atoms with Gasteiger partial charge in [-0.3, -0.25) is 4.98 Å². The van der Waals surface area contributed by atoms with E-state index in [0.717, 1.165) is 0 Å². The summed E-state index contributed by atoms with van der Waals surface area (Å²) in [6.45, 7) is 4.61. The lowest BCUT2D eigenvalue weighted by Crippen LogP contribution is -2.42. The van der Waals surface area contributed by atoms with Gasteiger partial charge < -0.3 is 0 Å². The average Bonchev–Trinajstić information content (AvgIpc) is 3.35. The zero-order valence-electron chi connectivity index (χ0n) is 21.2. The van der Waals surface area contributed by atoms with Gasteiger partial charge in [-0.05, 0) is 31.2 Å². The maximum Gasteiger partial charge on any atom is 0.241 e. The molecule has 1 aromatic heterocycles. The predicted molar refractivity (Wildman–Crippen MR) is 139 cm³/mol. The molecule has 0 spiro atoms.